The van der Waals surface area contributed by atoms with Gasteiger partial charge in [-0.2, -0.15) is 0 Å². The minimum absolute atomic E-state index is 0.0543. The first-order valence-electron chi connectivity index (χ1n) is 10.0. The summed E-state index contributed by atoms with van der Waals surface area (Å²) in [5, 5.41) is 2.74. The number of carbonyl (C=O) groups excluding carboxylic acids is 1. The van der Waals surface area contributed by atoms with Gasteiger partial charge in [-0.25, -0.2) is 8.42 Å². The lowest BCUT2D eigenvalue weighted by Gasteiger charge is -2.14. The van der Waals surface area contributed by atoms with E-state index in [1.165, 1.54) is 6.07 Å². The number of sulfonamides is 1. The Morgan fingerprint density at radius 3 is 2.31 bits per heavy atom. The molecule has 1 amide bonds. The lowest BCUT2D eigenvalue weighted by molar-refractivity contribution is 0.0946. The highest BCUT2D eigenvalue weighted by molar-refractivity contribution is 7.92. The summed E-state index contributed by atoms with van der Waals surface area (Å²) in [6.45, 7) is 3.99. The molecule has 8 heteroatoms. The number of aryl methyl sites for hydroxylation is 2. The molecule has 0 atom stereocenters. The SMILES string of the molecule is COc1ccccc1OCCNC(=O)c1ccc(C)c(S(=O)(=O)Nc2ccccc2C)c1. The highest BCUT2D eigenvalue weighted by Gasteiger charge is 2.20. The minimum atomic E-state index is -3.86. The molecular weight excluding hydrogens is 428 g/mol. The predicted molar refractivity (Wildman–Crippen MR) is 124 cm³/mol. The molecule has 0 aliphatic rings. The van der Waals surface area contributed by atoms with Gasteiger partial charge in [0.25, 0.3) is 15.9 Å². The molecule has 7 nitrogen and oxygen atoms in total. The number of hydrogen-bond donors (Lipinski definition) is 2. The van der Waals surface area contributed by atoms with Gasteiger partial charge in [-0.3, -0.25) is 9.52 Å². The number of methoxy groups -OCH3 is 1. The highest BCUT2D eigenvalue weighted by atomic mass is 32.2. The fraction of sp³-hybridized carbons (Fsp3) is 0.208. The Balaban J connectivity index is 1.66. The van der Waals surface area contributed by atoms with Crippen molar-refractivity contribution in [2.45, 2.75) is 18.7 Å². The number of rotatable bonds is 9. The molecule has 0 heterocycles. The summed E-state index contributed by atoms with van der Waals surface area (Å²) in [5.74, 6) is 0.796. The van der Waals surface area contributed by atoms with Crippen LogP contribution >= 0.6 is 0 Å². The third-order valence-corrected chi connectivity index (χ3v) is 6.35. The molecule has 3 aromatic carbocycles. The largest absolute Gasteiger partial charge is 0.493 e. The average Bonchev–Trinajstić information content (AvgIpc) is 2.78. The standard InChI is InChI=1S/C24H26N2O5S/c1-17-8-4-5-9-20(17)26-32(28,29)23-16-19(13-12-18(23)2)24(27)25-14-15-31-22-11-7-6-10-21(22)30-3/h4-13,16,26H,14-15H2,1-3H3,(H,25,27). The molecule has 0 aromatic heterocycles. The summed E-state index contributed by atoms with van der Waals surface area (Å²) in [7, 11) is -2.30. The maximum Gasteiger partial charge on any atom is 0.262 e. The monoisotopic (exact) mass is 454 g/mol. The molecule has 0 aliphatic carbocycles. The van der Waals surface area contributed by atoms with Gasteiger partial charge in [0.15, 0.2) is 11.5 Å². The number of hydrogen-bond acceptors (Lipinski definition) is 5. The number of nitrogens with one attached hydrogen (secondary N) is 2. The Kier molecular flexibility index (Phi) is 7.37. The lowest BCUT2D eigenvalue weighted by atomic mass is 10.1. The van der Waals surface area contributed by atoms with Crippen LogP contribution in [0.1, 0.15) is 21.5 Å². The van der Waals surface area contributed by atoms with Crippen LogP contribution < -0.4 is 19.5 Å². The van der Waals surface area contributed by atoms with Crippen LogP contribution in [0.25, 0.3) is 0 Å². The zero-order chi connectivity index (χ0) is 23.1. The first-order valence-corrected chi connectivity index (χ1v) is 11.5. The first-order chi connectivity index (χ1) is 15.3. The van der Waals surface area contributed by atoms with Crippen molar-refractivity contribution < 1.29 is 22.7 Å². The van der Waals surface area contributed by atoms with Crippen molar-refractivity contribution in [1.82, 2.24) is 5.32 Å². The van der Waals surface area contributed by atoms with E-state index in [4.69, 9.17) is 9.47 Å². The second-order valence-corrected chi connectivity index (χ2v) is 8.81. The van der Waals surface area contributed by atoms with Gasteiger partial charge in [0.1, 0.15) is 6.61 Å². The number of benzene rings is 3. The molecule has 0 radical (unpaired) electrons. The maximum atomic E-state index is 13.0. The van der Waals surface area contributed by atoms with E-state index in [1.807, 2.05) is 31.2 Å². The molecular formula is C24H26N2O5S. The van der Waals surface area contributed by atoms with Crippen LogP contribution in [0, 0.1) is 13.8 Å². The molecule has 0 spiro atoms. The average molecular weight is 455 g/mol. The molecule has 0 saturated heterocycles. The molecule has 0 bridgehead atoms. The Morgan fingerprint density at radius 1 is 0.906 bits per heavy atom. The quantitative estimate of drug-likeness (QED) is 0.478. The number of para-hydroxylation sites is 3. The van der Waals surface area contributed by atoms with Gasteiger partial charge >= 0.3 is 0 Å². The van der Waals surface area contributed by atoms with E-state index in [2.05, 4.69) is 10.0 Å². The van der Waals surface area contributed by atoms with E-state index in [9.17, 15) is 13.2 Å². The zero-order valence-corrected chi connectivity index (χ0v) is 19.0. The zero-order valence-electron chi connectivity index (χ0n) is 18.2. The molecule has 0 unspecified atom stereocenters. The smallest absolute Gasteiger partial charge is 0.262 e. The third-order valence-electron chi connectivity index (χ3n) is 4.84. The Morgan fingerprint density at radius 2 is 1.59 bits per heavy atom. The Bertz CT molecular complexity index is 1210. The first kappa shape index (κ1) is 23.1. The van der Waals surface area contributed by atoms with E-state index in [0.29, 0.717) is 22.7 Å². The molecule has 3 aromatic rings. The summed E-state index contributed by atoms with van der Waals surface area (Å²) in [4.78, 5) is 12.6. The van der Waals surface area contributed by atoms with Gasteiger partial charge in [-0.1, -0.05) is 36.4 Å². The van der Waals surface area contributed by atoms with Crippen LogP contribution in [0.2, 0.25) is 0 Å². The van der Waals surface area contributed by atoms with Crippen molar-refractivity contribution in [3.05, 3.63) is 83.4 Å². The maximum absolute atomic E-state index is 13.0. The van der Waals surface area contributed by atoms with E-state index < -0.39 is 10.0 Å². The van der Waals surface area contributed by atoms with E-state index in [1.54, 1.807) is 50.4 Å². The fourth-order valence-electron chi connectivity index (χ4n) is 3.08. The normalized spacial score (nSPS) is 11.0. The van der Waals surface area contributed by atoms with Crippen molar-refractivity contribution in [3.8, 4) is 11.5 Å². The second kappa shape index (κ2) is 10.2. The molecule has 168 valence electrons. The number of carbonyl (C=O) groups is 1. The van der Waals surface area contributed by atoms with Crippen LogP contribution in [0.3, 0.4) is 0 Å². The number of anilines is 1. The third kappa shape index (κ3) is 5.59. The topological polar surface area (TPSA) is 93.7 Å². The van der Waals surface area contributed by atoms with Crippen molar-refractivity contribution >= 4 is 21.6 Å². The van der Waals surface area contributed by atoms with E-state index in [0.717, 1.165) is 5.56 Å². The van der Waals surface area contributed by atoms with Crippen molar-refractivity contribution in [2.24, 2.45) is 0 Å². The molecule has 2 N–H and O–H groups in total. The van der Waals surface area contributed by atoms with Gasteiger partial charge in [0, 0.05) is 5.56 Å². The van der Waals surface area contributed by atoms with Crippen LogP contribution in [0.15, 0.2) is 71.6 Å². The molecule has 0 saturated carbocycles. The van der Waals surface area contributed by atoms with E-state index >= 15 is 0 Å². The predicted octanol–water partition coefficient (Wildman–Crippen LogP) is 3.92. The van der Waals surface area contributed by atoms with Crippen molar-refractivity contribution in [3.63, 3.8) is 0 Å². The Hall–Kier alpha value is -3.52. The number of ether oxygens (including phenoxy) is 2. The molecule has 0 fully saturated rings. The summed E-state index contributed by atoms with van der Waals surface area (Å²) in [6, 6.07) is 18.9. The van der Waals surface area contributed by atoms with Crippen LogP contribution in [-0.2, 0) is 10.0 Å². The van der Waals surface area contributed by atoms with Crippen LogP contribution in [0.4, 0.5) is 5.69 Å². The van der Waals surface area contributed by atoms with Crippen LogP contribution in [0.5, 0.6) is 11.5 Å². The lowest BCUT2D eigenvalue weighted by Crippen LogP contribution is -2.28. The van der Waals surface area contributed by atoms with Crippen molar-refractivity contribution in [2.75, 3.05) is 25.0 Å². The molecule has 32 heavy (non-hydrogen) atoms. The Labute approximate surface area is 188 Å². The van der Waals surface area contributed by atoms with Gasteiger partial charge in [-0.05, 0) is 55.3 Å². The van der Waals surface area contributed by atoms with Gasteiger partial charge in [-0.15, -0.1) is 0 Å². The minimum Gasteiger partial charge on any atom is -0.493 e. The van der Waals surface area contributed by atoms with Gasteiger partial charge < -0.3 is 14.8 Å². The fourth-order valence-corrected chi connectivity index (χ4v) is 4.49. The van der Waals surface area contributed by atoms with Gasteiger partial charge in [0.05, 0.1) is 24.2 Å². The number of amides is 1. The molecule has 3 rings (SSSR count). The summed E-state index contributed by atoms with van der Waals surface area (Å²) >= 11 is 0. The van der Waals surface area contributed by atoms with Crippen molar-refractivity contribution in [1.29, 1.82) is 0 Å². The van der Waals surface area contributed by atoms with Gasteiger partial charge in [0.2, 0.25) is 0 Å². The van der Waals surface area contributed by atoms with Crippen LogP contribution in [-0.4, -0.2) is 34.6 Å². The second-order valence-electron chi connectivity index (χ2n) is 7.16. The van der Waals surface area contributed by atoms with E-state index in [-0.39, 0.29) is 29.5 Å². The summed E-state index contributed by atoms with van der Waals surface area (Å²) < 4.78 is 39.4. The highest BCUT2D eigenvalue weighted by Crippen LogP contribution is 2.25. The molecule has 0 aliphatic heterocycles. The summed E-state index contributed by atoms with van der Waals surface area (Å²) in [5.41, 5.74) is 2.09. The summed E-state index contributed by atoms with van der Waals surface area (Å²) in [6.07, 6.45) is 0.